The fraction of sp³-hybridized carbons (Fsp3) is 0.500. The molecule has 0 spiro atoms. The van der Waals surface area contributed by atoms with Gasteiger partial charge in [0.15, 0.2) is 0 Å². The van der Waals surface area contributed by atoms with Gasteiger partial charge in [0.05, 0.1) is 11.0 Å². The molecule has 0 bridgehead atoms. The molecule has 1 aromatic rings. The van der Waals surface area contributed by atoms with E-state index in [1.54, 1.807) is 6.92 Å². The number of benzene rings is 1. The highest BCUT2D eigenvalue weighted by molar-refractivity contribution is 9.10. The SMILES string of the molecule is CC1(C(=O)Nc2cc(Br)cc(C(F)(F)F)c2)CCCC1N. The molecule has 21 heavy (non-hydrogen) atoms. The van der Waals surface area contributed by atoms with Gasteiger partial charge in [-0.2, -0.15) is 13.2 Å². The summed E-state index contributed by atoms with van der Waals surface area (Å²) in [5, 5.41) is 2.56. The molecule has 116 valence electrons. The Bertz CT molecular complexity index is 562. The molecule has 7 heteroatoms. The minimum atomic E-state index is -4.46. The molecule has 1 saturated carbocycles. The van der Waals surface area contributed by atoms with Gasteiger partial charge in [-0.15, -0.1) is 0 Å². The summed E-state index contributed by atoms with van der Waals surface area (Å²) in [5.41, 5.74) is 4.51. The number of halogens is 4. The number of alkyl halides is 3. The first kappa shape index (κ1) is 16.3. The van der Waals surface area contributed by atoms with Crippen molar-refractivity contribution >= 4 is 27.5 Å². The molecule has 1 amide bonds. The topological polar surface area (TPSA) is 55.1 Å². The number of amides is 1. The number of hydrogen-bond acceptors (Lipinski definition) is 2. The normalized spacial score (nSPS) is 25.9. The predicted molar refractivity (Wildman–Crippen MR) is 77.7 cm³/mol. The van der Waals surface area contributed by atoms with Gasteiger partial charge in [0.25, 0.3) is 0 Å². The lowest BCUT2D eigenvalue weighted by molar-refractivity contribution is -0.137. The van der Waals surface area contributed by atoms with Crippen molar-refractivity contribution in [2.24, 2.45) is 11.1 Å². The first-order chi connectivity index (χ1) is 9.63. The lowest BCUT2D eigenvalue weighted by atomic mass is 9.84. The van der Waals surface area contributed by atoms with Crippen LogP contribution in [-0.2, 0) is 11.0 Å². The standard InChI is InChI=1S/C14H16BrF3N2O/c1-13(4-2-3-11(13)19)12(21)20-10-6-8(14(16,17)18)5-9(15)7-10/h5-7,11H,2-4,19H2,1H3,(H,20,21). The second kappa shape index (κ2) is 5.61. The van der Waals surface area contributed by atoms with Gasteiger partial charge < -0.3 is 11.1 Å². The maximum absolute atomic E-state index is 12.8. The van der Waals surface area contributed by atoms with Crippen molar-refractivity contribution < 1.29 is 18.0 Å². The molecule has 0 aromatic heterocycles. The zero-order chi connectivity index (χ0) is 15.8. The largest absolute Gasteiger partial charge is 0.416 e. The molecule has 0 saturated heterocycles. The molecule has 3 nitrogen and oxygen atoms in total. The number of rotatable bonds is 2. The van der Waals surface area contributed by atoms with Gasteiger partial charge in [0.2, 0.25) is 5.91 Å². The van der Waals surface area contributed by atoms with Crippen LogP contribution >= 0.6 is 15.9 Å². The maximum atomic E-state index is 12.8. The quantitative estimate of drug-likeness (QED) is 0.835. The Balaban J connectivity index is 2.24. The van der Waals surface area contributed by atoms with Gasteiger partial charge in [0.1, 0.15) is 0 Å². The molecule has 0 radical (unpaired) electrons. The van der Waals surface area contributed by atoms with Crippen molar-refractivity contribution in [1.29, 1.82) is 0 Å². The predicted octanol–water partition coefficient (Wildman–Crippen LogP) is 3.92. The van der Waals surface area contributed by atoms with Crippen molar-refractivity contribution in [2.45, 2.75) is 38.4 Å². The van der Waals surface area contributed by atoms with Crippen LogP contribution < -0.4 is 11.1 Å². The zero-order valence-electron chi connectivity index (χ0n) is 11.4. The first-order valence-corrected chi connectivity index (χ1v) is 7.37. The lowest BCUT2D eigenvalue weighted by Gasteiger charge is -2.27. The van der Waals surface area contributed by atoms with E-state index in [0.717, 1.165) is 25.0 Å². The third-order valence-corrected chi connectivity index (χ3v) is 4.49. The minimum Gasteiger partial charge on any atom is -0.327 e. The highest BCUT2D eigenvalue weighted by Gasteiger charge is 2.43. The summed E-state index contributed by atoms with van der Waals surface area (Å²) in [6, 6.07) is 3.06. The van der Waals surface area contributed by atoms with Gasteiger partial charge in [-0.3, -0.25) is 4.79 Å². The Labute approximate surface area is 129 Å². The van der Waals surface area contributed by atoms with E-state index in [2.05, 4.69) is 21.2 Å². The van der Waals surface area contributed by atoms with Crippen LogP contribution in [0.25, 0.3) is 0 Å². The van der Waals surface area contributed by atoms with E-state index < -0.39 is 17.2 Å². The second-order valence-electron chi connectivity index (χ2n) is 5.60. The van der Waals surface area contributed by atoms with Crippen LogP contribution in [0, 0.1) is 5.41 Å². The number of anilines is 1. The van der Waals surface area contributed by atoms with Crippen molar-refractivity contribution in [1.82, 2.24) is 0 Å². The number of carbonyl (C=O) groups is 1. The zero-order valence-corrected chi connectivity index (χ0v) is 13.0. The number of hydrogen-bond donors (Lipinski definition) is 2. The summed E-state index contributed by atoms with van der Waals surface area (Å²) in [6.45, 7) is 1.75. The fourth-order valence-electron chi connectivity index (χ4n) is 2.57. The van der Waals surface area contributed by atoms with Crippen LogP contribution in [-0.4, -0.2) is 11.9 Å². The van der Waals surface area contributed by atoms with E-state index in [4.69, 9.17) is 5.73 Å². The Morgan fingerprint density at radius 3 is 2.62 bits per heavy atom. The molecular formula is C14H16BrF3N2O. The molecule has 2 unspecified atom stereocenters. The second-order valence-corrected chi connectivity index (χ2v) is 6.51. The van der Waals surface area contributed by atoms with Gasteiger partial charge in [-0.1, -0.05) is 22.4 Å². The smallest absolute Gasteiger partial charge is 0.327 e. The molecule has 0 aliphatic heterocycles. The summed E-state index contributed by atoms with van der Waals surface area (Å²) in [5.74, 6) is -0.335. The Hall–Kier alpha value is -1.08. The van der Waals surface area contributed by atoms with Crippen LogP contribution in [0.1, 0.15) is 31.7 Å². The molecule has 3 N–H and O–H groups in total. The summed E-state index contributed by atoms with van der Waals surface area (Å²) >= 11 is 3.03. The monoisotopic (exact) mass is 364 g/mol. The summed E-state index contributed by atoms with van der Waals surface area (Å²) < 4.78 is 38.6. The molecule has 1 aliphatic rings. The van der Waals surface area contributed by atoms with Crippen LogP contribution in [0.2, 0.25) is 0 Å². The van der Waals surface area contributed by atoms with Gasteiger partial charge in [0, 0.05) is 16.2 Å². The van der Waals surface area contributed by atoms with Crippen LogP contribution in [0.5, 0.6) is 0 Å². The average molecular weight is 365 g/mol. The van der Waals surface area contributed by atoms with Crippen molar-refractivity contribution in [3.05, 3.63) is 28.2 Å². The number of carbonyl (C=O) groups excluding carboxylic acids is 1. The molecule has 1 aliphatic carbocycles. The molecular weight excluding hydrogens is 349 g/mol. The maximum Gasteiger partial charge on any atom is 0.416 e. The van der Waals surface area contributed by atoms with Crippen molar-refractivity contribution in [2.75, 3.05) is 5.32 Å². The van der Waals surface area contributed by atoms with Gasteiger partial charge in [-0.05, 0) is 38.0 Å². The van der Waals surface area contributed by atoms with Gasteiger partial charge in [-0.25, -0.2) is 0 Å². The Morgan fingerprint density at radius 1 is 1.43 bits per heavy atom. The molecule has 1 aromatic carbocycles. The summed E-state index contributed by atoms with van der Waals surface area (Å²) in [7, 11) is 0. The summed E-state index contributed by atoms with van der Waals surface area (Å²) in [6.07, 6.45) is -2.23. The van der Waals surface area contributed by atoms with Crippen molar-refractivity contribution in [3.63, 3.8) is 0 Å². The number of nitrogens with two attached hydrogens (primary N) is 1. The first-order valence-electron chi connectivity index (χ1n) is 6.58. The Morgan fingerprint density at radius 2 is 2.10 bits per heavy atom. The fourth-order valence-corrected chi connectivity index (χ4v) is 3.07. The van der Waals surface area contributed by atoms with Crippen molar-refractivity contribution in [3.8, 4) is 0 Å². The van der Waals surface area contributed by atoms with Crippen LogP contribution in [0.4, 0.5) is 18.9 Å². The Kier molecular flexibility index (Phi) is 4.35. The van der Waals surface area contributed by atoms with Gasteiger partial charge >= 0.3 is 6.18 Å². The third kappa shape index (κ3) is 3.40. The van der Waals surface area contributed by atoms with E-state index in [-0.39, 0.29) is 22.1 Å². The molecule has 2 rings (SSSR count). The number of nitrogens with one attached hydrogen (secondary N) is 1. The van der Waals surface area contributed by atoms with Crippen LogP contribution in [0.15, 0.2) is 22.7 Å². The molecule has 0 heterocycles. The third-order valence-electron chi connectivity index (χ3n) is 4.03. The van der Waals surface area contributed by atoms with E-state index in [1.165, 1.54) is 6.07 Å². The summed E-state index contributed by atoms with van der Waals surface area (Å²) in [4.78, 5) is 12.3. The van der Waals surface area contributed by atoms with Crippen LogP contribution in [0.3, 0.4) is 0 Å². The highest BCUT2D eigenvalue weighted by atomic mass is 79.9. The molecule has 1 fully saturated rings. The van der Waals surface area contributed by atoms with E-state index >= 15 is 0 Å². The lowest BCUT2D eigenvalue weighted by Crippen LogP contribution is -2.44. The van der Waals surface area contributed by atoms with E-state index in [1.807, 2.05) is 0 Å². The highest BCUT2D eigenvalue weighted by Crippen LogP contribution is 2.38. The molecule has 2 atom stereocenters. The van der Waals surface area contributed by atoms with E-state index in [0.29, 0.717) is 6.42 Å². The minimum absolute atomic E-state index is 0.113. The van der Waals surface area contributed by atoms with E-state index in [9.17, 15) is 18.0 Å². The average Bonchev–Trinajstić information content (AvgIpc) is 2.69.